The molecule has 0 bridgehead atoms. The zero-order valence-electron chi connectivity index (χ0n) is 13.7. The smallest absolute Gasteiger partial charge is 0.0674 e. The van der Waals surface area contributed by atoms with Gasteiger partial charge in [0, 0.05) is 25.7 Å². The van der Waals surface area contributed by atoms with E-state index >= 15 is 0 Å². The highest BCUT2D eigenvalue weighted by molar-refractivity contribution is 4.85. The summed E-state index contributed by atoms with van der Waals surface area (Å²) < 4.78 is 5.74. The lowest BCUT2D eigenvalue weighted by Gasteiger charge is -2.42. The Hall–Kier alpha value is -0.120. The molecular formula is C16H34N2O. The van der Waals surface area contributed by atoms with Crippen molar-refractivity contribution in [1.29, 1.82) is 0 Å². The van der Waals surface area contributed by atoms with Crippen molar-refractivity contribution in [1.82, 2.24) is 10.2 Å². The first kappa shape index (κ1) is 16.9. The summed E-state index contributed by atoms with van der Waals surface area (Å²) in [6.07, 6.45) is 4.15. The number of nitrogens with one attached hydrogen (secondary N) is 1. The third-order valence-corrected chi connectivity index (χ3v) is 4.15. The fraction of sp³-hybridized carbons (Fsp3) is 1.00. The summed E-state index contributed by atoms with van der Waals surface area (Å²) in [5, 5.41) is 3.62. The van der Waals surface area contributed by atoms with Crippen LogP contribution in [0.3, 0.4) is 0 Å². The molecule has 1 aliphatic heterocycles. The summed E-state index contributed by atoms with van der Waals surface area (Å²) in [6.45, 7) is 16.8. The molecule has 0 aromatic carbocycles. The molecule has 3 atom stereocenters. The van der Waals surface area contributed by atoms with Crippen LogP contribution in [0.5, 0.6) is 0 Å². The molecule has 0 aromatic rings. The van der Waals surface area contributed by atoms with Crippen molar-refractivity contribution in [2.24, 2.45) is 5.41 Å². The van der Waals surface area contributed by atoms with Gasteiger partial charge in [-0.15, -0.1) is 0 Å². The molecule has 0 saturated carbocycles. The van der Waals surface area contributed by atoms with Crippen LogP contribution in [0.1, 0.15) is 53.9 Å². The van der Waals surface area contributed by atoms with E-state index in [-0.39, 0.29) is 0 Å². The number of hydrogen-bond acceptors (Lipinski definition) is 3. The van der Waals surface area contributed by atoms with Crippen molar-refractivity contribution in [2.75, 3.05) is 32.8 Å². The lowest BCUT2D eigenvalue weighted by atomic mass is 9.84. The summed E-state index contributed by atoms with van der Waals surface area (Å²) >= 11 is 0. The fourth-order valence-corrected chi connectivity index (χ4v) is 3.08. The van der Waals surface area contributed by atoms with Crippen LogP contribution in [-0.2, 0) is 4.74 Å². The van der Waals surface area contributed by atoms with Gasteiger partial charge in [-0.1, -0.05) is 27.2 Å². The Kier molecular flexibility index (Phi) is 7.33. The van der Waals surface area contributed by atoms with Crippen LogP contribution in [0.2, 0.25) is 0 Å². The minimum absolute atomic E-state index is 0.380. The lowest BCUT2D eigenvalue weighted by Crippen LogP contribution is -2.52. The highest BCUT2D eigenvalue weighted by Crippen LogP contribution is 2.26. The third kappa shape index (κ3) is 5.80. The molecule has 3 nitrogen and oxygen atoms in total. The summed E-state index contributed by atoms with van der Waals surface area (Å²) in [5.74, 6) is 0. The minimum Gasteiger partial charge on any atom is -0.376 e. The van der Waals surface area contributed by atoms with Crippen molar-refractivity contribution >= 4 is 0 Å². The average Bonchev–Trinajstić information content (AvgIpc) is 2.34. The van der Waals surface area contributed by atoms with Crippen molar-refractivity contribution < 1.29 is 4.74 Å². The summed E-state index contributed by atoms with van der Waals surface area (Å²) in [7, 11) is 0. The van der Waals surface area contributed by atoms with Gasteiger partial charge in [0.1, 0.15) is 0 Å². The Balaban J connectivity index is 2.54. The van der Waals surface area contributed by atoms with E-state index in [9.17, 15) is 0 Å². The van der Waals surface area contributed by atoms with E-state index in [1.54, 1.807) is 0 Å². The highest BCUT2D eigenvalue weighted by Gasteiger charge is 2.31. The second-order valence-electron chi connectivity index (χ2n) is 6.66. The van der Waals surface area contributed by atoms with Crippen LogP contribution in [-0.4, -0.2) is 49.8 Å². The van der Waals surface area contributed by atoms with E-state index in [2.05, 4.69) is 44.8 Å². The third-order valence-electron chi connectivity index (χ3n) is 4.15. The molecule has 1 aliphatic rings. The van der Waals surface area contributed by atoms with Gasteiger partial charge in [-0.3, -0.25) is 4.90 Å². The van der Waals surface area contributed by atoms with Crippen LogP contribution >= 0.6 is 0 Å². The zero-order valence-corrected chi connectivity index (χ0v) is 13.7. The van der Waals surface area contributed by atoms with Crippen molar-refractivity contribution in [3.05, 3.63) is 0 Å². The van der Waals surface area contributed by atoms with Crippen LogP contribution in [0.15, 0.2) is 0 Å². The Labute approximate surface area is 120 Å². The number of rotatable bonds is 8. The monoisotopic (exact) mass is 270 g/mol. The molecule has 3 heteroatoms. The minimum atomic E-state index is 0.380. The second kappa shape index (κ2) is 8.23. The van der Waals surface area contributed by atoms with Crippen molar-refractivity contribution in [3.63, 3.8) is 0 Å². The summed E-state index contributed by atoms with van der Waals surface area (Å²) in [5.41, 5.74) is 0.384. The van der Waals surface area contributed by atoms with E-state index in [0.717, 1.165) is 26.2 Å². The summed E-state index contributed by atoms with van der Waals surface area (Å²) in [6, 6.07) is 0.554. The quantitative estimate of drug-likeness (QED) is 0.686. The molecule has 3 unspecified atom stereocenters. The molecule has 1 saturated heterocycles. The lowest BCUT2D eigenvalue weighted by molar-refractivity contribution is -0.0622. The zero-order chi connectivity index (χ0) is 14.3. The molecule has 0 spiro atoms. The highest BCUT2D eigenvalue weighted by atomic mass is 16.5. The van der Waals surface area contributed by atoms with Gasteiger partial charge in [0.2, 0.25) is 0 Å². The maximum absolute atomic E-state index is 5.74. The largest absolute Gasteiger partial charge is 0.376 e. The maximum Gasteiger partial charge on any atom is 0.0674 e. The van der Waals surface area contributed by atoms with E-state index in [1.807, 2.05) is 0 Å². The van der Waals surface area contributed by atoms with Gasteiger partial charge in [0.15, 0.2) is 0 Å². The van der Waals surface area contributed by atoms with E-state index in [0.29, 0.717) is 17.6 Å². The normalized spacial score (nSPS) is 28.3. The second-order valence-corrected chi connectivity index (χ2v) is 6.66. The number of hydrogen-bond donors (Lipinski definition) is 1. The standard InChI is InChI=1S/C16H34N2O/c1-6-8-16(5,12-17-9-7-2)13-18-10-15(4)19-11-14(18)3/h14-15,17H,6-13H2,1-5H3. The van der Waals surface area contributed by atoms with Gasteiger partial charge in [-0.2, -0.15) is 0 Å². The number of ether oxygens (including phenoxy) is 1. The van der Waals surface area contributed by atoms with Crippen LogP contribution in [0, 0.1) is 5.41 Å². The Morgan fingerprint density at radius 1 is 1.26 bits per heavy atom. The Morgan fingerprint density at radius 3 is 2.63 bits per heavy atom. The van der Waals surface area contributed by atoms with E-state index in [1.165, 1.54) is 25.8 Å². The van der Waals surface area contributed by atoms with Gasteiger partial charge in [-0.25, -0.2) is 0 Å². The fourth-order valence-electron chi connectivity index (χ4n) is 3.08. The first-order chi connectivity index (χ1) is 9.00. The number of morpholine rings is 1. The van der Waals surface area contributed by atoms with Crippen LogP contribution in [0.25, 0.3) is 0 Å². The molecule has 0 radical (unpaired) electrons. The molecule has 19 heavy (non-hydrogen) atoms. The predicted molar refractivity (Wildman–Crippen MR) is 82.6 cm³/mol. The maximum atomic E-state index is 5.74. The topological polar surface area (TPSA) is 24.5 Å². The molecule has 0 aromatic heterocycles. The number of nitrogens with zero attached hydrogens (tertiary/aromatic N) is 1. The predicted octanol–water partition coefficient (Wildman–Crippen LogP) is 2.90. The molecule has 0 aliphatic carbocycles. The molecule has 1 N–H and O–H groups in total. The van der Waals surface area contributed by atoms with Gasteiger partial charge < -0.3 is 10.1 Å². The van der Waals surface area contributed by atoms with Gasteiger partial charge in [0.05, 0.1) is 12.7 Å². The molecule has 0 amide bonds. The first-order valence-electron chi connectivity index (χ1n) is 8.07. The molecule has 1 fully saturated rings. The van der Waals surface area contributed by atoms with Crippen molar-refractivity contribution in [2.45, 2.75) is 66.0 Å². The Bertz CT molecular complexity index is 247. The molecule has 114 valence electrons. The van der Waals surface area contributed by atoms with Crippen LogP contribution < -0.4 is 5.32 Å². The molecular weight excluding hydrogens is 236 g/mol. The van der Waals surface area contributed by atoms with E-state index in [4.69, 9.17) is 4.74 Å². The SMILES string of the molecule is CCCNCC(C)(CCC)CN1CC(C)OCC1C. The van der Waals surface area contributed by atoms with Gasteiger partial charge in [-0.05, 0) is 38.6 Å². The van der Waals surface area contributed by atoms with Crippen molar-refractivity contribution in [3.8, 4) is 0 Å². The Morgan fingerprint density at radius 2 is 2.00 bits per heavy atom. The van der Waals surface area contributed by atoms with Crippen LogP contribution in [0.4, 0.5) is 0 Å². The van der Waals surface area contributed by atoms with E-state index < -0.39 is 0 Å². The van der Waals surface area contributed by atoms with Gasteiger partial charge >= 0.3 is 0 Å². The first-order valence-corrected chi connectivity index (χ1v) is 8.07. The molecule has 1 heterocycles. The average molecular weight is 270 g/mol. The van der Waals surface area contributed by atoms with Gasteiger partial charge in [0.25, 0.3) is 0 Å². The summed E-state index contributed by atoms with van der Waals surface area (Å²) in [4.78, 5) is 2.62. The molecule has 1 rings (SSSR count).